The highest BCUT2D eigenvalue weighted by Gasteiger charge is 2.19. The van der Waals surface area contributed by atoms with Gasteiger partial charge in [-0.25, -0.2) is 4.79 Å². The van der Waals surface area contributed by atoms with Crippen LogP contribution in [0, 0.1) is 12.3 Å². The molecule has 1 aliphatic rings. The standard InChI is InChI=1S/C11H19N3O/c1-4-6-13-7-5-8-14(10-9-13)11(15)12(2)3/h1H,5-10H2,2-3H3. The van der Waals surface area contributed by atoms with E-state index in [2.05, 4.69) is 10.8 Å². The molecule has 0 radical (unpaired) electrons. The molecule has 0 bridgehead atoms. The molecule has 84 valence electrons. The fourth-order valence-electron chi connectivity index (χ4n) is 1.73. The fourth-order valence-corrected chi connectivity index (χ4v) is 1.73. The van der Waals surface area contributed by atoms with Gasteiger partial charge in [0, 0.05) is 40.3 Å². The Kier molecular flexibility index (Phi) is 4.44. The lowest BCUT2D eigenvalue weighted by Crippen LogP contribution is -2.41. The van der Waals surface area contributed by atoms with Crippen molar-refractivity contribution in [3.63, 3.8) is 0 Å². The van der Waals surface area contributed by atoms with Gasteiger partial charge in [0.25, 0.3) is 0 Å². The summed E-state index contributed by atoms with van der Waals surface area (Å²) in [6.45, 7) is 4.16. The number of nitrogens with zero attached hydrogens (tertiary/aromatic N) is 3. The van der Waals surface area contributed by atoms with Crippen LogP contribution in [-0.2, 0) is 0 Å². The molecule has 4 nitrogen and oxygen atoms in total. The Hall–Kier alpha value is -1.21. The number of hydrogen-bond donors (Lipinski definition) is 0. The molecule has 0 spiro atoms. The van der Waals surface area contributed by atoms with Crippen molar-refractivity contribution < 1.29 is 4.79 Å². The highest BCUT2D eigenvalue weighted by Crippen LogP contribution is 2.04. The quantitative estimate of drug-likeness (QED) is 0.581. The maximum absolute atomic E-state index is 11.7. The number of amides is 2. The third-order valence-electron chi connectivity index (χ3n) is 2.56. The molecule has 1 aliphatic heterocycles. The van der Waals surface area contributed by atoms with Crippen LogP contribution in [0.1, 0.15) is 6.42 Å². The van der Waals surface area contributed by atoms with Crippen LogP contribution in [0.5, 0.6) is 0 Å². The Labute approximate surface area is 91.8 Å². The van der Waals surface area contributed by atoms with E-state index in [0.717, 1.165) is 32.6 Å². The van der Waals surface area contributed by atoms with Gasteiger partial charge in [0.15, 0.2) is 0 Å². The van der Waals surface area contributed by atoms with E-state index in [0.29, 0.717) is 6.54 Å². The molecule has 0 aromatic carbocycles. The Balaban J connectivity index is 2.46. The third kappa shape index (κ3) is 3.45. The molecule has 0 aliphatic carbocycles. The maximum Gasteiger partial charge on any atom is 0.319 e. The molecule has 1 saturated heterocycles. The zero-order valence-corrected chi connectivity index (χ0v) is 9.57. The molecule has 0 saturated carbocycles. The van der Waals surface area contributed by atoms with Crippen LogP contribution in [0.2, 0.25) is 0 Å². The lowest BCUT2D eigenvalue weighted by atomic mass is 10.4. The first-order valence-corrected chi connectivity index (χ1v) is 5.27. The Morgan fingerprint density at radius 2 is 2.07 bits per heavy atom. The molecular weight excluding hydrogens is 190 g/mol. The molecule has 4 heteroatoms. The largest absolute Gasteiger partial charge is 0.331 e. The van der Waals surface area contributed by atoms with Gasteiger partial charge in [0.05, 0.1) is 6.54 Å². The number of carbonyl (C=O) groups is 1. The van der Waals surface area contributed by atoms with E-state index in [4.69, 9.17) is 6.42 Å². The molecule has 0 aromatic rings. The van der Waals surface area contributed by atoms with Crippen LogP contribution in [0.3, 0.4) is 0 Å². The van der Waals surface area contributed by atoms with Crippen LogP contribution < -0.4 is 0 Å². The van der Waals surface area contributed by atoms with Crippen molar-refractivity contribution in [2.24, 2.45) is 0 Å². The predicted molar refractivity (Wildman–Crippen MR) is 60.5 cm³/mol. The third-order valence-corrected chi connectivity index (χ3v) is 2.56. The van der Waals surface area contributed by atoms with Gasteiger partial charge >= 0.3 is 6.03 Å². The van der Waals surface area contributed by atoms with E-state index in [1.165, 1.54) is 0 Å². The molecule has 15 heavy (non-hydrogen) atoms. The summed E-state index contributed by atoms with van der Waals surface area (Å²) < 4.78 is 0. The van der Waals surface area contributed by atoms with E-state index in [1.807, 2.05) is 4.90 Å². The van der Waals surface area contributed by atoms with Crippen molar-refractivity contribution in [2.45, 2.75) is 6.42 Å². The average Bonchev–Trinajstić information content (AvgIpc) is 2.43. The predicted octanol–water partition coefficient (Wildman–Crippen LogP) is 0.309. The van der Waals surface area contributed by atoms with Crippen molar-refractivity contribution >= 4 is 6.03 Å². The van der Waals surface area contributed by atoms with E-state index >= 15 is 0 Å². The zero-order chi connectivity index (χ0) is 11.3. The minimum atomic E-state index is 0.0950. The normalized spacial score (nSPS) is 18.1. The summed E-state index contributed by atoms with van der Waals surface area (Å²) in [4.78, 5) is 17.4. The summed E-state index contributed by atoms with van der Waals surface area (Å²) in [5.41, 5.74) is 0. The van der Waals surface area contributed by atoms with Gasteiger partial charge in [-0.1, -0.05) is 5.92 Å². The highest BCUT2D eigenvalue weighted by atomic mass is 16.2. The molecule has 0 atom stereocenters. The van der Waals surface area contributed by atoms with Crippen LogP contribution in [0.15, 0.2) is 0 Å². The summed E-state index contributed by atoms with van der Waals surface area (Å²) in [5.74, 6) is 2.64. The second-order valence-corrected chi connectivity index (χ2v) is 4.00. The van der Waals surface area contributed by atoms with Crippen LogP contribution in [-0.4, -0.2) is 67.5 Å². The summed E-state index contributed by atoms with van der Waals surface area (Å²) in [6, 6.07) is 0.0950. The fraction of sp³-hybridized carbons (Fsp3) is 0.727. The summed E-state index contributed by atoms with van der Waals surface area (Å²) in [6.07, 6.45) is 6.27. The van der Waals surface area contributed by atoms with Gasteiger partial charge in [-0.2, -0.15) is 0 Å². The minimum Gasteiger partial charge on any atom is -0.331 e. The Morgan fingerprint density at radius 1 is 1.33 bits per heavy atom. The number of carbonyl (C=O) groups excluding carboxylic acids is 1. The van der Waals surface area contributed by atoms with Crippen LogP contribution in [0.25, 0.3) is 0 Å². The van der Waals surface area contributed by atoms with E-state index in [1.54, 1.807) is 19.0 Å². The Bertz CT molecular complexity index is 257. The molecule has 1 heterocycles. The Morgan fingerprint density at radius 3 is 2.67 bits per heavy atom. The molecule has 0 unspecified atom stereocenters. The summed E-state index contributed by atoms with van der Waals surface area (Å²) >= 11 is 0. The van der Waals surface area contributed by atoms with Crippen molar-refractivity contribution in [2.75, 3.05) is 46.8 Å². The highest BCUT2D eigenvalue weighted by molar-refractivity contribution is 5.73. The zero-order valence-electron chi connectivity index (χ0n) is 9.57. The van der Waals surface area contributed by atoms with Crippen molar-refractivity contribution in [1.29, 1.82) is 0 Å². The summed E-state index contributed by atoms with van der Waals surface area (Å²) in [5, 5.41) is 0. The number of rotatable bonds is 1. The van der Waals surface area contributed by atoms with Crippen molar-refractivity contribution in [3.8, 4) is 12.3 Å². The van der Waals surface area contributed by atoms with Gasteiger partial charge in [-0.3, -0.25) is 4.90 Å². The lowest BCUT2D eigenvalue weighted by molar-refractivity contribution is 0.172. The van der Waals surface area contributed by atoms with Gasteiger partial charge in [-0.05, 0) is 6.42 Å². The monoisotopic (exact) mass is 209 g/mol. The van der Waals surface area contributed by atoms with Gasteiger partial charge in [-0.15, -0.1) is 6.42 Å². The lowest BCUT2D eigenvalue weighted by Gasteiger charge is -2.24. The van der Waals surface area contributed by atoms with Crippen LogP contribution >= 0.6 is 0 Å². The molecule has 1 rings (SSSR count). The molecule has 0 aromatic heterocycles. The maximum atomic E-state index is 11.7. The minimum absolute atomic E-state index is 0.0950. The second kappa shape index (κ2) is 5.62. The molecule has 1 fully saturated rings. The number of hydrogen-bond acceptors (Lipinski definition) is 2. The number of urea groups is 1. The molecule has 0 N–H and O–H groups in total. The topological polar surface area (TPSA) is 26.8 Å². The first-order chi connectivity index (χ1) is 7.15. The van der Waals surface area contributed by atoms with Gasteiger partial charge in [0.1, 0.15) is 0 Å². The summed E-state index contributed by atoms with van der Waals surface area (Å²) in [7, 11) is 3.57. The average molecular weight is 209 g/mol. The van der Waals surface area contributed by atoms with Gasteiger partial charge < -0.3 is 9.80 Å². The van der Waals surface area contributed by atoms with Gasteiger partial charge in [0.2, 0.25) is 0 Å². The van der Waals surface area contributed by atoms with Crippen molar-refractivity contribution in [1.82, 2.24) is 14.7 Å². The van der Waals surface area contributed by atoms with E-state index in [9.17, 15) is 4.79 Å². The molecule has 2 amide bonds. The SMILES string of the molecule is C#CCN1CCCN(C(=O)N(C)C)CC1. The number of terminal acetylenes is 1. The molecular formula is C11H19N3O. The second-order valence-electron chi connectivity index (χ2n) is 4.00. The van der Waals surface area contributed by atoms with Crippen LogP contribution in [0.4, 0.5) is 4.79 Å². The first kappa shape index (κ1) is 11.9. The van der Waals surface area contributed by atoms with Crippen molar-refractivity contribution in [3.05, 3.63) is 0 Å². The first-order valence-electron chi connectivity index (χ1n) is 5.27. The van der Waals surface area contributed by atoms with E-state index in [-0.39, 0.29) is 6.03 Å². The van der Waals surface area contributed by atoms with E-state index < -0.39 is 0 Å². The smallest absolute Gasteiger partial charge is 0.319 e.